The van der Waals surface area contributed by atoms with Crippen LogP contribution in [0.4, 0.5) is 0 Å². The molecule has 0 aliphatic heterocycles. The smallest absolute Gasteiger partial charge is 0.216 e. The van der Waals surface area contributed by atoms with E-state index in [1.807, 2.05) is 0 Å². The number of hydrogen-bond donors (Lipinski definition) is 5. The van der Waals surface area contributed by atoms with Crippen molar-refractivity contribution in [3.63, 3.8) is 0 Å². The molecule has 6 heteroatoms. The number of aliphatic hydroxyl groups excluding tert-OH is 2. The second kappa shape index (κ2) is 6.13. The zero-order valence-corrected chi connectivity index (χ0v) is 10.1. The molecule has 0 aliphatic rings. The van der Waals surface area contributed by atoms with Crippen molar-refractivity contribution in [3.8, 4) is 0 Å². The topological polar surface area (TPSA) is 119 Å². The fourth-order valence-corrected chi connectivity index (χ4v) is 1.44. The van der Waals surface area contributed by atoms with E-state index in [1.54, 1.807) is 24.3 Å². The van der Waals surface area contributed by atoms with Gasteiger partial charge in [-0.05, 0) is 5.56 Å². The normalized spacial score (nSPS) is 13.7. The number of carbonyl (C=O) groups is 1. The van der Waals surface area contributed by atoms with Crippen LogP contribution in [0.25, 0.3) is 0 Å². The van der Waals surface area contributed by atoms with Crippen LogP contribution >= 0.6 is 0 Å². The van der Waals surface area contributed by atoms with Crippen molar-refractivity contribution in [2.75, 3.05) is 6.54 Å². The van der Waals surface area contributed by atoms with Crippen LogP contribution in [0.15, 0.2) is 24.3 Å². The highest BCUT2D eigenvalue weighted by molar-refractivity contribution is 5.94. The van der Waals surface area contributed by atoms with E-state index in [0.717, 1.165) is 0 Å². The van der Waals surface area contributed by atoms with E-state index in [4.69, 9.17) is 11.1 Å². The molecule has 0 radical (unpaired) electrons. The largest absolute Gasteiger partial charge is 0.388 e. The molecule has 0 spiro atoms. The third kappa shape index (κ3) is 3.83. The Balaban J connectivity index is 2.68. The van der Waals surface area contributed by atoms with E-state index in [1.165, 1.54) is 6.92 Å². The number of nitrogens with two attached hydrogens (primary N) is 1. The van der Waals surface area contributed by atoms with Crippen LogP contribution in [0.3, 0.4) is 0 Å². The minimum absolute atomic E-state index is 0.0229. The lowest BCUT2D eigenvalue weighted by atomic mass is 10.0. The van der Waals surface area contributed by atoms with E-state index in [2.05, 4.69) is 5.32 Å². The quantitative estimate of drug-likeness (QED) is 0.358. The first-order valence-corrected chi connectivity index (χ1v) is 5.46. The van der Waals surface area contributed by atoms with Gasteiger partial charge >= 0.3 is 0 Å². The van der Waals surface area contributed by atoms with Gasteiger partial charge in [0, 0.05) is 19.0 Å². The number of benzene rings is 1. The monoisotopic (exact) mass is 251 g/mol. The summed E-state index contributed by atoms with van der Waals surface area (Å²) in [5.41, 5.74) is 6.35. The van der Waals surface area contributed by atoms with Gasteiger partial charge in [-0.2, -0.15) is 0 Å². The molecule has 1 aromatic carbocycles. The average molecular weight is 251 g/mol. The predicted molar refractivity (Wildman–Crippen MR) is 67.1 cm³/mol. The fourth-order valence-electron chi connectivity index (χ4n) is 1.44. The number of rotatable bonds is 5. The molecule has 0 bridgehead atoms. The first-order chi connectivity index (χ1) is 8.41. The standard InChI is InChI=1S/C12H17N3O3/c1-7(16)15-6-10(17)11(18)8-2-4-9(5-3-8)12(13)14/h2-5,10-11,17-18H,6H2,1H3,(H3,13,14)(H,15,16). The maximum absolute atomic E-state index is 10.7. The highest BCUT2D eigenvalue weighted by Gasteiger charge is 2.18. The van der Waals surface area contributed by atoms with E-state index in [-0.39, 0.29) is 18.3 Å². The minimum atomic E-state index is -1.10. The summed E-state index contributed by atoms with van der Waals surface area (Å²) in [6.45, 7) is 1.31. The van der Waals surface area contributed by atoms with Gasteiger partial charge in [-0.1, -0.05) is 24.3 Å². The van der Waals surface area contributed by atoms with Gasteiger partial charge in [-0.25, -0.2) is 0 Å². The van der Waals surface area contributed by atoms with Crippen LogP contribution in [0.5, 0.6) is 0 Å². The number of aliphatic hydroxyl groups is 2. The van der Waals surface area contributed by atoms with Crippen LogP contribution in [-0.4, -0.2) is 34.6 Å². The molecule has 0 aliphatic carbocycles. The molecule has 98 valence electrons. The van der Waals surface area contributed by atoms with E-state index in [9.17, 15) is 15.0 Å². The summed E-state index contributed by atoms with van der Waals surface area (Å²) in [5.74, 6) is -0.331. The molecule has 0 saturated carbocycles. The molecule has 0 saturated heterocycles. The Bertz CT molecular complexity index is 431. The lowest BCUT2D eigenvalue weighted by Crippen LogP contribution is -2.34. The summed E-state index contributed by atoms with van der Waals surface area (Å²) in [5, 5.41) is 29.2. The zero-order chi connectivity index (χ0) is 13.7. The minimum Gasteiger partial charge on any atom is -0.388 e. The molecule has 1 rings (SSSR count). The summed E-state index contributed by atoms with van der Waals surface area (Å²) >= 11 is 0. The fraction of sp³-hybridized carbons (Fsp3) is 0.333. The zero-order valence-electron chi connectivity index (χ0n) is 10.1. The van der Waals surface area contributed by atoms with Gasteiger partial charge in [0.15, 0.2) is 0 Å². The van der Waals surface area contributed by atoms with E-state index >= 15 is 0 Å². The first-order valence-electron chi connectivity index (χ1n) is 5.46. The Morgan fingerprint density at radius 3 is 2.39 bits per heavy atom. The van der Waals surface area contributed by atoms with Gasteiger partial charge in [-0.15, -0.1) is 0 Å². The highest BCUT2D eigenvalue weighted by Crippen LogP contribution is 2.17. The molecule has 6 nitrogen and oxygen atoms in total. The van der Waals surface area contributed by atoms with Crippen molar-refractivity contribution in [2.45, 2.75) is 19.1 Å². The van der Waals surface area contributed by atoms with Crippen molar-refractivity contribution in [3.05, 3.63) is 35.4 Å². The van der Waals surface area contributed by atoms with Crippen molar-refractivity contribution in [1.82, 2.24) is 5.32 Å². The second-order valence-corrected chi connectivity index (χ2v) is 3.98. The molecule has 0 heterocycles. The van der Waals surface area contributed by atoms with Crippen LogP contribution in [-0.2, 0) is 4.79 Å². The lowest BCUT2D eigenvalue weighted by Gasteiger charge is -2.18. The van der Waals surface area contributed by atoms with Crippen molar-refractivity contribution >= 4 is 11.7 Å². The van der Waals surface area contributed by atoms with Gasteiger partial charge in [0.1, 0.15) is 18.0 Å². The maximum atomic E-state index is 10.7. The van der Waals surface area contributed by atoms with Gasteiger partial charge in [-0.3, -0.25) is 10.2 Å². The number of nitrogens with one attached hydrogen (secondary N) is 2. The first kappa shape index (κ1) is 14.1. The van der Waals surface area contributed by atoms with Gasteiger partial charge in [0.05, 0.1) is 0 Å². The summed E-state index contributed by atoms with van der Waals surface area (Å²) < 4.78 is 0. The molecular weight excluding hydrogens is 234 g/mol. The number of carbonyl (C=O) groups excluding carboxylic acids is 1. The van der Waals surface area contributed by atoms with Crippen molar-refractivity contribution in [2.24, 2.45) is 5.73 Å². The van der Waals surface area contributed by atoms with Gasteiger partial charge in [0.25, 0.3) is 0 Å². The maximum Gasteiger partial charge on any atom is 0.216 e. The lowest BCUT2D eigenvalue weighted by molar-refractivity contribution is -0.119. The van der Waals surface area contributed by atoms with Crippen LogP contribution in [0.1, 0.15) is 24.2 Å². The summed E-state index contributed by atoms with van der Waals surface area (Å²) in [7, 11) is 0. The van der Waals surface area contributed by atoms with Crippen molar-refractivity contribution in [1.29, 1.82) is 5.41 Å². The molecule has 1 amide bonds. The Hall–Kier alpha value is -1.92. The molecule has 0 fully saturated rings. The molecule has 6 N–H and O–H groups in total. The number of amidine groups is 1. The molecule has 18 heavy (non-hydrogen) atoms. The Morgan fingerprint density at radius 1 is 1.39 bits per heavy atom. The molecular formula is C12H17N3O3. The molecule has 2 atom stereocenters. The average Bonchev–Trinajstić information content (AvgIpc) is 2.35. The van der Waals surface area contributed by atoms with Crippen LogP contribution < -0.4 is 11.1 Å². The molecule has 2 unspecified atom stereocenters. The Labute approximate surface area is 105 Å². The molecule has 1 aromatic rings. The Kier molecular flexibility index (Phi) is 4.82. The van der Waals surface area contributed by atoms with Crippen LogP contribution in [0, 0.1) is 5.41 Å². The summed E-state index contributed by atoms with van der Waals surface area (Å²) in [4.78, 5) is 10.7. The number of amides is 1. The van der Waals surface area contributed by atoms with Crippen molar-refractivity contribution < 1.29 is 15.0 Å². The number of hydrogen-bond acceptors (Lipinski definition) is 4. The Morgan fingerprint density at radius 2 is 1.94 bits per heavy atom. The SMILES string of the molecule is CC(=O)NCC(O)C(O)c1ccc(C(=N)N)cc1. The van der Waals surface area contributed by atoms with E-state index in [0.29, 0.717) is 11.1 Å². The van der Waals surface area contributed by atoms with Gasteiger partial charge < -0.3 is 21.3 Å². The van der Waals surface area contributed by atoms with Gasteiger partial charge in [0.2, 0.25) is 5.91 Å². The third-order valence-electron chi connectivity index (χ3n) is 2.49. The predicted octanol–water partition coefficient (Wildman–Crippen LogP) is -0.499. The summed E-state index contributed by atoms with van der Waals surface area (Å²) in [6, 6.07) is 6.34. The summed E-state index contributed by atoms with van der Waals surface area (Å²) in [6.07, 6.45) is -2.19. The third-order valence-corrected chi connectivity index (χ3v) is 2.49. The molecule has 0 aromatic heterocycles. The second-order valence-electron chi connectivity index (χ2n) is 3.98. The number of nitrogen functional groups attached to an aromatic ring is 1. The van der Waals surface area contributed by atoms with Crippen LogP contribution in [0.2, 0.25) is 0 Å². The highest BCUT2D eigenvalue weighted by atomic mass is 16.3. The van der Waals surface area contributed by atoms with E-state index < -0.39 is 12.2 Å².